The Morgan fingerprint density at radius 3 is 2.57 bits per heavy atom. The van der Waals surface area contributed by atoms with E-state index in [0.29, 0.717) is 0 Å². The molecule has 3 aromatic carbocycles. The number of aryl methyl sites for hydroxylation is 1. The van der Waals surface area contributed by atoms with E-state index >= 15 is 0 Å². The molecule has 0 unspecified atom stereocenters. The molecule has 7 rings (SSSR count). The van der Waals surface area contributed by atoms with Gasteiger partial charge in [0.15, 0.2) is 0 Å². The van der Waals surface area contributed by atoms with E-state index in [1.807, 2.05) is 6.92 Å². The number of benzene rings is 3. The molecule has 0 aliphatic heterocycles. The number of para-hydroxylation sites is 2. The fourth-order valence-electron chi connectivity index (χ4n) is 5.82. The van der Waals surface area contributed by atoms with Crippen LogP contribution >= 0.6 is 0 Å². The molecule has 0 spiro atoms. The van der Waals surface area contributed by atoms with Gasteiger partial charge in [0.2, 0.25) is 0 Å². The average molecular weight is 478 g/mol. The molecular formula is C34H27N3. The fraction of sp³-hybridized carbons (Fsp3) is 0.0882. The first-order valence-electron chi connectivity index (χ1n) is 12.8. The SMILES string of the molecule is C=c1c2c(n(-c3ccc4ccccc4n3)/c1=C/C=C\C)-c1c(ccc3c1ccn3-c1ccccc1)CC2. The molecule has 3 aromatic heterocycles. The smallest absolute Gasteiger partial charge is 0.138 e. The van der Waals surface area contributed by atoms with Crippen LogP contribution in [0, 0.1) is 0 Å². The number of allylic oxidation sites excluding steroid dienone is 2. The van der Waals surface area contributed by atoms with E-state index in [4.69, 9.17) is 4.98 Å². The minimum Gasteiger partial charge on any atom is -0.317 e. The maximum absolute atomic E-state index is 5.13. The third-order valence-corrected chi connectivity index (χ3v) is 7.56. The second-order valence-electron chi connectivity index (χ2n) is 9.63. The lowest BCUT2D eigenvalue weighted by atomic mass is 9.87. The molecule has 0 saturated heterocycles. The van der Waals surface area contributed by atoms with Crippen LogP contribution in [-0.2, 0) is 12.8 Å². The summed E-state index contributed by atoms with van der Waals surface area (Å²) in [7, 11) is 0. The van der Waals surface area contributed by atoms with Crippen molar-refractivity contribution in [3.63, 3.8) is 0 Å². The van der Waals surface area contributed by atoms with Gasteiger partial charge in [-0.1, -0.05) is 61.2 Å². The van der Waals surface area contributed by atoms with Crippen LogP contribution < -0.4 is 10.6 Å². The highest BCUT2D eigenvalue weighted by Gasteiger charge is 2.26. The summed E-state index contributed by atoms with van der Waals surface area (Å²) < 4.78 is 4.62. The topological polar surface area (TPSA) is 22.8 Å². The van der Waals surface area contributed by atoms with Gasteiger partial charge in [0.25, 0.3) is 0 Å². The predicted octanol–water partition coefficient (Wildman–Crippen LogP) is 6.50. The highest BCUT2D eigenvalue weighted by molar-refractivity contribution is 5.99. The molecule has 0 N–H and O–H groups in total. The zero-order valence-corrected chi connectivity index (χ0v) is 20.9. The van der Waals surface area contributed by atoms with Crippen LogP contribution in [0.3, 0.4) is 0 Å². The quantitative estimate of drug-likeness (QED) is 0.285. The van der Waals surface area contributed by atoms with E-state index in [1.165, 1.54) is 39.0 Å². The average Bonchev–Trinajstić information content (AvgIpc) is 3.51. The molecule has 0 atom stereocenters. The first-order chi connectivity index (χ1) is 18.2. The van der Waals surface area contributed by atoms with Crippen molar-refractivity contribution in [3.8, 4) is 22.8 Å². The van der Waals surface area contributed by atoms with Crippen LogP contribution in [0.4, 0.5) is 0 Å². The molecule has 1 aliphatic rings. The summed E-state index contributed by atoms with van der Waals surface area (Å²) >= 11 is 0. The Kier molecular flexibility index (Phi) is 4.97. The van der Waals surface area contributed by atoms with Gasteiger partial charge in [0, 0.05) is 28.2 Å². The minimum absolute atomic E-state index is 0.924. The van der Waals surface area contributed by atoms with E-state index in [1.54, 1.807) is 0 Å². The van der Waals surface area contributed by atoms with Crippen LogP contribution in [0.15, 0.2) is 103 Å². The number of hydrogen-bond donors (Lipinski definition) is 0. The van der Waals surface area contributed by atoms with Gasteiger partial charge in [0.1, 0.15) is 5.82 Å². The number of hydrogen-bond acceptors (Lipinski definition) is 1. The summed E-state index contributed by atoms with van der Waals surface area (Å²) in [6, 6.07) is 30.0. The van der Waals surface area contributed by atoms with Gasteiger partial charge in [-0.15, -0.1) is 0 Å². The lowest BCUT2D eigenvalue weighted by Crippen LogP contribution is -2.28. The molecule has 0 fully saturated rings. The van der Waals surface area contributed by atoms with Crippen LogP contribution in [-0.4, -0.2) is 14.1 Å². The Morgan fingerprint density at radius 2 is 1.70 bits per heavy atom. The normalized spacial score (nSPS) is 13.5. The molecule has 0 amide bonds. The number of rotatable bonds is 3. The molecule has 0 saturated carbocycles. The maximum atomic E-state index is 5.13. The second-order valence-corrected chi connectivity index (χ2v) is 9.63. The summed E-state index contributed by atoms with van der Waals surface area (Å²) in [5, 5.41) is 4.59. The van der Waals surface area contributed by atoms with Crippen molar-refractivity contribution >= 4 is 34.5 Å². The molecule has 37 heavy (non-hydrogen) atoms. The summed E-state index contributed by atoms with van der Waals surface area (Å²) in [5.41, 5.74) is 8.59. The van der Waals surface area contributed by atoms with Crippen LogP contribution in [0.1, 0.15) is 18.1 Å². The minimum atomic E-state index is 0.924. The first kappa shape index (κ1) is 21.6. The van der Waals surface area contributed by atoms with Crippen molar-refractivity contribution in [3.05, 3.63) is 125 Å². The molecule has 0 bridgehead atoms. The first-order valence-corrected chi connectivity index (χ1v) is 12.8. The Hall–Kier alpha value is -4.63. The van der Waals surface area contributed by atoms with Crippen molar-refractivity contribution in [2.24, 2.45) is 0 Å². The van der Waals surface area contributed by atoms with Gasteiger partial charge < -0.3 is 4.57 Å². The zero-order valence-electron chi connectivity index (χ0n) is 20.9. The van der Waals surface area contributed by atoms with Gasteiger partial charge in [-0.25, -0.2) is 4.98 Å². The molecule has 178 valence electrons. The molecule has 1 aliphatic carbocycles. The van der Waals surface area contributed by atoms with E-state index in [0.717, 1.165) is 40.1 Å². The molecule has 3 heterocycles. The third kappa shape index (κ3) is 3.31. The summed E-state index contributed by atoms with van der Waals surface area (Å²) in [6.07, 6.45) is 10.5. The monoisotopic (exact) mass is 477 g/mol. The highest BCUT2D eigenvalue weighted by atomic mass is 15.1. The highest BCUT2D eigenvalue weighted by Crippen LogP contribution is 2.39. The van der Waals surface area contributed by atoms with Crippen molar-refractivity contribution < 1.29 is 0 Å². The van der Waals surface area contributed by atoms with Crippen molar-refractivity contribution in [1.82, 2.24) is 14.1 Å². The van der Waals surface area contributed by atoms with E-state index in [2.05, 4.69) is 125 Å². The van der Waals surface area contributed by atoms with E-state index in [-0.39, 0.29) is 0 Å². The molecule has 6 aromatic rings. The second kappa shape index (κ2) is 8.49. The Labute approximate surface area is 216 Å². The molecule has 3 heteroatoms. The summed E-state index contributed by atoms with van der Waals surface area (Å²) in [5.74, 6) is 0.924. The van der Waals surface area contributed by atoms with Crippen LogP contribution in [0.5, 0.6) is 0 Å². The lowest BCUT2D eigenvalue weighted by Gasteiger charge is -2.21. The Balaban J connectivity index is 1.58. The van der Waals surface area contributed by atoms with E-state index in [9.17, 15) is 0 Å². The van der Waals surface area contributed by atoms with Gasteiger partial charge in [-0.3, -0.25) is 4.57 Å². The van der Waals surface area contributed by atoms with Crippen LogP contribution in [0.25, 0.3) is 57.2 Å². The summed E-state index contributed by atoms with van der Waals surface area (Å²) in [4.78, 5) is 5.13. The van der Waals surface area contributed by atoms with Gasteiger partial charge in [-0.2, -0.15) is 0 Å². The third-order valence-electron chi connectivity index (χ3n) is 7.56. The molecule has 0 radical (unpaired) electrons. The number of nitrogens with zero attached hydrogens (tertiary/aromatic N) is 3. The largest absolute Gasteiger partial charge is 0.317 e. The standard InChI is InChI=1S/C34H27N3/c1-3-4-14-30-23(2)27-18-15-25-16-19-31-28(21-22-36(31)26-11-6-5-7-12-26)33(25)34(27)37(30)32-20-17-24-10-8-9-13-29(24)35-32/h3-14,16-17,19-22H,2,15,18H2,1H3/b4-3-,30-14+. The number of pyridine rings is 1. The predicted molar refractivity (Wildman–Crippen MR) is 155 cm³/mol. The number of aromatic nitrogens is 3. The Morgan fingerprint density at radius 1 is 0.865 bits per heavy atom. The van der Waals surface area contributed by atoms with Crippen molar-refractivity contribution in [2.75, 3.05) is 0 Å². The Bertz CT molecular complexity index is 1950. The van der Waals surface area contributed by atoms with E-state index < -0.39 is 0 Å². The maximum Gasteiger partial charge on any atom is 0.138 e. The molecule has 3 nitrogen and oxygen atoms in total. The molecular weight excluding hydrogens is 450 g/mol. The lowest BCUT2D eigenvalue weighted by molar-refractivity contribution is 0.919. The zero-order chi connectivity index (χ0) is 24.9. The van der Waals surface area contributed by atoms with Gasteiger partial charge in [-0.05, 0) is 84.7 Å². The van der Waals surface area contributed by atoms with Crippen LogP contribution in [0.2, 0.25) is 0 Å². The number of fused-ring (bicyclic) bond motifs is 6. The summed E-state index contributed by atoms with van der Waals surface area (Å²) in [6.45, 7) is 6.63. The van der Waals surface area contributed by atoms with Crippen molar-refractivity contribution in [1.29, 1.82) is 0 Å². The fourth-order valence-corrected chi connectivity index (χ4v) is 5.82. The van der Waals surface area contributed by atoms with Gasteiger partial charge in [0.05, 0.1) is 22.1 Å². The van der Waals surface area contributed by atoms with Gasteiger partial charge >= 0.3 is 0 Å². The van der Waals surface area contributed by atoms with Crippen molar-refractivity contribution in [2.45, 2.75) is 19.8 Å².